The minimum absolute atomic E-state index is 0.572. The second-order valence-electron chi connectivity index (χ2n) is 3.53. The summed E-state index contributed by atoms with van der Waals surface area (Å²) in [5.74, 6) is 0. The maximum Gasteiger partial charge on any atom is 0.115 e. The molecule has 0 aliphatic carbocycles. The highest BCUT2D eigenvalue weighted by Gasteiger charge is 2.44. The molecule has 3 unspecified atom stereocenters. The van der Waals surface area contributed by atoms with E-state index in [1.54, 1.807) is 0 Å². The number of aliphatic hydroxyl groups excluding tert-OH is 5. The molecule has 1 fully saturated rings. The Labute approximate surface area is 81.4 Å². The van der Waals surface area contributed by atoms with Crippen LogP contribution >= 0.6 is 0 Å². The van der Waals surface area contributed by atoms with Crippen molar-refractivity contribution >= 4 is 0 Å². The molecule has 1 heterocycles. The van der Waals surface area contributed by atoms with Crippen molar-refractivity contribution in [3.63, 3.8) is 0 Å². The fraction of sp³-hybridized carbons (Fsp3) is 1.00. The van der Waals surface area contributed by atoms with Crippen molar-refractivity contribution in [1.82, 2.24) is 0 Å². The lowest BCUT2D eigenvalue weighted by Crippen LogP contribution is -2.60. The monoisotopic (exact) mass is 208 g/mol. The van der Waals surface area contributed by atoms with Crippen LogP contribution in [0.5, 0.6) is 0 Å². The predicted octanol–water partition coefficient (Wildman–Crippen LogP) is -2.79. The zero-order valence-corrected chi connectivity index (χ0v) is 7.82. The van der Waals surface area contributed by atoms with Gasteiger partial charge in [0.1, 0.15) is 30.5 Å². The van der Waals surface area contributed by atoms with Gasteiger partial charge in [0.05, 0.1) is 12.7 Å². The molecule has 0 aromatic rings. The van der Waals surface area contributed by atoms with Gasteiger partial charge in [-0.1, -0.05) is 0 Å². The van der Waals surface area contributed by atoms with E-state index in [4.69, 9.17) is 9.84 Å². The van der Waals surface area contributed by atoms with Crippen LogP contribution in [0.3, 0.4) is 0 Å². The van der Waals surface area contributed by atoms with Gasteiger partial charge in [-0.25, -0.2) is 0 Å². The van der Waals surface area contributed by atoms with Crippen molar-refractivity contribution in [2.24, 2.45) is 0 Å². The highest BCUT2D eigenvalue weighted by molar-refractivity contribution is 4.93. The predicted molar refractivity (Wildman–Crippen MR) is 45.4 cm³/mol. The molecule has 1 saturated heterocycles. The molecule has 0 radical (unpaired) electrons. The molecule has 1 rings (SSSR count). The maximum atomic E-state index is 9.42. The molecule has 1 aliphatic heterocycles. The van der Waals surface area contributed by atoms with Gasteiger partial charge < -0.3 is 30.3 Å². The van der Waals surface area contributed by atoms with Crippen molar-refractivity contribution in [1.29, 1.82) is 0 Å². The lowest BCUT2D eigenvalue weighted by atomic mass is 9.93. The molecule has 1 aliphatic rings. The van der Waals surface area contributed by atoms with Gasteiger partial charge >= 0.3 is 0 Å². The average Bonchev–Trinajstić information content (AvgIpc) is 2.19. The Kier molecular flexibility index (Phi) is 3.82. The van der Waals surface area contributed by atoms with Gasteiger partial charge in [-0.15, -0.1) is 0 Å². The number of ether oxygens (including phenoxy) is 1. The summed E-state index contributed by atoms with van der Waals surface area (Å²) < 4.78 is 5.06. The van der Waals surface area contributed by atoms with E-state index >= 15 is 0 Å². The molecule has 84 valence electrons. The van der Waals surface area contributed by atoms with Crippen LogP contribution in [0.25, 0.3) is 0 Å². The number of hydrogen-bond donors (Lipinski definition) is 5. The molecular formula is C8H16O6. The van der Waals surface area contributed by atoms with E-state index in [2.05, 4.69) is 0 Å². The Morgan fingerprint density at radius 3 is 2.21 bits per heavy atom. The molecule has 0 aromatic carbocycles. The molecule has 6 heteroatoms. The third-order valence-corrected chi connectivity index (χ3v) is 2.46. The third kappa shape index (κ3) is 2.05. The Balaban J connectivity index is 2.70. The second kappa shape index (κ2) is 4.52. The molecule has 14 heavy (non-hydrogen) atoms. The first-order chi connectivity index (χ1) is 6.49. The first-order valence-electron chi connectivity index (χ1n) is 4.47. The molecule has 0 saturated carbocycles. The van der Waals surface area contributed by atoms with Gasteiger partial charge in [0.2, 0.25) is 0 Å². The lowest BCUT2D eigenvalue weighted by Gasteiger charge is -2.40. The standard InChI is InChI=1S/C8H16O6/c1-3-5(11)6(12)7(13)8(14-3)4(10)2-9/h3-13H,2H2,1H3/t3-,4?,5?,6+,7+,8?/m1/s1. The van der Waals surface area contributed by atoms with E-state index in [-0.39, 0.29) is 0 Å². The normalized spacial score (nSPS) is 46.3. The Morgan fingerprint density at radius 2 is 1.71 bits per heavy atom. The summed E-state index contributed by atoms with van der Waals surface area (Å²) in [7, 11) is 0. The molecule has 5 N–H and O–H groups in total. The van der Waals surface area contributed by atoms with Crippen LogP contribution in [0.1, 0.15) is 6.92 Å². The summed E-state index contributed by atoms with van der Waals surface area (Å²) in [6, 6.07) is 0. The van der Waals surface area contributed by atoms with Crippen molar-refractivity contribution in [3.8, 4) is 0 Å². The minimum Gasteiger partial charge on any atom is -0.394 e. The van der Waals surface area contributed by atoms with Crippen LogP contribution in [0.4, 0.5) is 0 Å². The second-order valence-corrected chi connectivity index (χ2v) is 3.53. The fourth-order valence-corrected chi connectivity index (χ4v) is 1.51. The minimum atomic E-state index is -1.40. The zero-order chi connectivity index (χ0) is 10.9. The van der Waals surface area contributed by atoms with E-state index in [1.807, 2.05) is 0 Å². The van der Waals surface area contributed by atoms with Crippen molar-refractivity contribution in [2.45, 2.75) is 43.5 Å². The molecule has 0 aromatic heterocycles. The van der Waals surface area contributed by atoms with E-state index in [1.165, 1.54) is 6.92 Å². The summed E-state index contributed by atoms with van der Waals surface area (Å²) in [6.07, 6.45) is -7.00. The van der Waals surface area contributed by atoms with Crippen LogP contribution in [-0.4, -0.2) is 68.8 Å². The SMILES string of the molecule is C[C@H]1OC(C(O)CO)[C@@H](O)[C@@H](O)C1O. The Morgan fingerprint density at radius 1 is 1.14 bits per heavy atom. The van der Waals surface area contributed by atoms with Crippen LogP contribution in [0.15, 0.2) is 0 Å². The van der Waals surface area contributed by atoms with Gasteiger partial charge in [-0.2, -0.15) is 0 Å². The van der Waals surface area contributed by atoms with Crippen molar-refractivity contribution in [2.75, 3.05) is 6.61 Å². The number of rotatable bonds is 2. The van der Waals surface area contributed by atoms with Crippen LogP contribution in [-0.2, 0) is 4.74 Å². The Hall–Kier alpha value is -0.240. The van der Waals surface area contributed by atoms with Crippen molar-refractivity contribution in [3.05, 3.63) is 0 Å². The molecule has 0 bridgehead atoms. The Bertz CT molecular complexity index is 187. The summed E-state index contributed by atoms with van der Waals surface area (Å²) >= 11 is 0. The molecule has 0 spiro atoms. The third-order valence-electron chi connectivity index (χ3n) is 2.46. The fourth-order valence-electron chi connectivity index (χ4n) is 1.51. The van der Waals surface area contributed by atoms with Gasteiger partial charge in [0, 0.05) is 0 Å². The van der Waals surface area contributed by atoms with E-state index < -0.39 is 43.2 Å². The van der Waals surface area contributed by atoms with Gasteiger partial charge in [0.15, 0.2) is 0 Å². The van der Waals surface area contributed by atoms with Crippen LogP contribution < -0.4 is 0 Å². The molecular weight excluding hydrogens is 192 g/mol. The van der Waals surface area contributed by atoms with Gasteiger partial charge in [-0.3, -0.25) is 0 Å². The molecule has 6 nitrogen and oxygen atoms in total. The topological polar surface area (TPSA) is 110 Å². The number of hydrogen-bond acceptors (Lipinski definition) is 6. The summed E-state index contributed by atoms with van der Waals surface area (Å²) in [6.45, 7) is 0.939. The van der Waals surface area contributed by atoms with Gasteiger partial charge in [-0.05, 0) is 6.92 Å². The zero-order valence-electron chi connectivity index (χ0n) is 7.82. The first kappa shape index (κ1) is 11.8. The largest absolute Gasteiger partial charge is 0.394 e. The summed E-state index contributed by atoms with van der Waals surface area (Å²) in [5.41, 5.74) is 0. The summed E-state index contributed by atoms with van der Waals surface area (Å²) in [4.78, 5) is 0. The number of aliphatic hydroxyl groups is 5. The van der Waals surface area contributed by atoms with Crippen molar-refractivity contribution < 1.29 is 30.3 Å². The molecule has 6 atom stereocenters. The van der Waals surface area contributed by atoms with Gasteiger partial charge in [0.25, 0.3) is 0 Å². The summed E-state index contributed by atoms with van der Waals surface area (Å²) in [5, 5.41) is 46.0. The van der Waals surface area contributed by atoms with Crippen LogP contribution in [0, 0.1) is 0 Å². The van der Waals surface area contributed by atoms with E-state index in [9.17, 15) is 20.4 Å². The smallest absolute Gasteiger partial charge is 0.115 e. The highest BCUT2D eigenvalue weighted by atomic mass is 16.5. The first-order valence-corrected chi connectivity index (χ1v) is 4.47. The quantitative estimate of drug-likeness (QED) is 0.335. The molecule has 0 amide bonds. The average molecular weight is 208 g/mol. The highest BCUT2D eigenvalue weighted by Crippen LogP contribution is 2.22. The van der Waals surface area contributed by atoms with E-state index in [0.29, 0.717) is 0 Å². The maximum absolute atomic E-state index is 9.42. The lowest BCUT2D eigenvalue weighted by molar-refractivity contribution is -0.241. The van der Waals surface area contributed by atoms with Crippen LogP contribution in [0.2, 0.25) is 0 Å². The van der Waals surface area contributed by atoms with E-state index in [0.717, 1.165) is 0 Å².